The average Bonchev–Trinajstić information content (AvgIpc) is 3.35. The van der Waals surface area contributed by atoms with Crippen LogP contribution in [0.3, 0.4) is 0 Å². The number of H-pyrrole nitrogens is 1. The first-order chi connectivity index (χ1) is 17.8. The summed E-state index contributed by atoms with van der Waals surface area (Å²) in [5, 5.41) is 7.40. The smallest absolute Gasteiger partial charge is 0.253 e. The fraction of sp³-hybridized carbons (Fsp3) is 0.458. The van der Waals surface area contributed by atoms with E-state index in [9.17, 15) is 4.79 Å². The van der Waals surface area contributed by atoms with Crippen molar-refractivity contribution in [3.8, 4) is 11.5 Å². The number of anilines is 3. The molecular weight excluding hydrogens is 515 g/mol. The van der Waals surface area contributed by atoms with Gasteiger partial charge >= 0.3 is 0 Å². The molecule has 1 atom stereocenters. The maximum absolute atomic E-state index is 12.9. The van der Waals surface area contributed by atoms with Crippen LogP contribution in [0, 0.1) is 0 Å². The van der Waals surface area contributed by atoms with Crippen molar-refractivity contribution in [3.63, 3.8) is 0 Å². The second-order valence-corrected chi connectivity index (χ2v) is 10.2. The highest BCUT2D eigenvalue weighted by molar-refractivity contribution is 6.32. The van der Waals surface area contributed by atoms with Crippen LogP contribution < -0.4 is 16.4 Å². The van der Waals surface area contributed by atoms with Gasteiger partial charge in [-0.05, 0) is 43.5 Å². The third kappa shape index (κ3) is 5.29. The predicted octanol–water partition coefficient (Wildman–Crippen LogP) is 2.94. The molecule has 1 aromatic carbocycles. The van der Waals surface area contributed by atoms with Gasteiger partial charge in [-0.3, -0.25) is 14.8 Å². The first-order valence-electron chi connectivity index (χ1n) is 12.4. The number of piperazine rings is 1. The summed E-state index contributed by atoms with van der Waals surface area (Å²) in [4.78, 5) is 32.6. The third-order valence-electron chi connectivity index (χ3n) is 7.20. The highest BCUT2D eigenvalue weighted by Crippen LogP contribution is 2.32. The molecule has 2 aliphatic rings. The van der Waals surface area contributed by atoms with Gasteiger partial charge in [-0.1, -0.05) is 30.1 Å². The van der Waals surface area contributed by atoms with Gasteiger partial charge in [0, 0.05) is 55.4 Å². The molecule has 196 valence electrons. The molecule has 4 heterocycles. The number of nitrogens with two attached hydrogens (primary N) is 2. The summed E-state index contributed by atoms with van der Waals surface area (Å²) in [7, 11) is 0. The second-order valence-electron chi connectivity index (χ2n) is 9.39. The number of rotatable bonds is 5. The lowest BCUT2D eigenvalue weighted by molar-refractivity contribution is 0.0491. The summed E-state index contributed by atoms with van der Waals surface area (Å²) in [5.41, 5.74) is 12.8. The third-order valence-corrected chi connectivity index (χ3v) is 7.71. The maximum Gasteiger partial charge on any atom is 0.253 e. The van der Waals surface area contributed by atoms with Crippen LogP contribution in [0.15, 0.2) is 24.3 Å². The number of aromatic amines is 1. The van der Waals surface area contributed by atoms with E-state index in [1.54, 1.807) is 24.3 Å². The standard InChI is InChI=1S/C24H30Cl2N10O/c1-2-16-13-35(22-19(26)29-18(20(27)30-22)21-31-24(28)33-32-21)11-12-36(16)17-7-9-34(10-8-17)23(37)14-3-5-15(25)6-4-14/h3-6,16-17H,2,7-13H2,1H3,(H2,27,30)(H3,28,31,32,33)/t16-/m0/s1. The molecule has 2 aliphatic heterocycles. The lowest BCUT2D eigenvalue weighted by atomic mass is 9.97. The number of benzene rings is 1. The molecule has 0 radical (unpaired) electrons. The molecule has 0 saturated carbocycles. The van der Waals surface area contributed by atoms with Crippen molar-refractivity contribution < 1.29 is 4.79 Å². The van der Waals surface area contributed by atoms with Gasteiger partial charge in [-0.15, -0.1) is 5.10 Å². The summed E-state index contributed by atoms with van der Waals surface area (Å²) in [6.45, 7) is 6.06. The van der Waals surface area contributed by atoms with Crippen LogP contribution in [0.5, 0.6) is 0 Å². The number of halogens is 2. The van der Waals surface area contributed by atoms with Crippen molar-refractivity contribution in [3.05, 3.63) is 40.0 Å². The number of nitrogen functional groups attached to an aromatic ring is 2. The molecule has 37 heavy (non-hydrogen) atoms. The first-order valence-corrected chi connectivity index (χ1v) is 13.2. The van der Waals surface area contributed by atoms with Gasteiger partial charge < -0.3 is 21.3 Å². The predicted molar refractivity (Wildman–Crippen MR) is 145 cm³/mol. The van der Waals surface area contributed by atoms with Crippen molar-refractivity contribution >= 4 is 46.7 Å². The number of likely N-dealkylation sites (tertiary alicyclic amines) is 1. The van der Waals surface area contributed by atoms with Crippen molar-refractivity contribution in [1.29, 1.82) is 0 Å². The summed E-state index contributed by atoms with van der Waals surface area (Å²) >= 11 is 12.5. The highest BCUT2D eigenvalue weighted by Gasteiger charge is 2.35. The van der Waals surface area contributed by atoms with Crippen molar-refractivity contribution in [2.45, 2.75) is 38.3 Å². The summed E-state index contributed by atoms with van der Waals surface area (Å²) in [6, 6.07) is 7.84. The van der Waals surface area contributed by atoms with E-state index in [4.69, 9.17) is 34.7 Å². The summed E-state index contributed by atoms with van der Waals surface area (Å²) in [5.74, 6) is 1.27. The van der Waals surface area contributed by atoms with Crippen LogP contribution in [0.25, 0.3) is 11.5 Å². The monoisotopic (exact) mass is 544 g/mol. The van der Waals surface area contributed by atoms with E-state index in [-0.39, 0.29) is 22.8 Å². The average molecular weight is 545 g/mol. The molecule has 5 rings (SSSR count). The number of amides is 1. The van der Waals surface area contributed by atoms with E-state index in [2.05, 4.69) is 41.9 Å². The van der Waals surface area contributed by atoms with E-state index in [0.717, 1.165) is 52.0 Å². The Labute approximate surface area is 225 Å². The number of hydrogen-bond donors (Lipinski definition) is 3. The summed E-state index contributed by atoms with van der Waals surface area (Å²) < 4.78 is 0. The lowest BCUT2D eigenvalue weighted by Gasteiger charge is -2.47. The van der Waals surface area contributed by atoms with E-state index in [0.29, 0.717) is 40.0 Å². The number of nitrogens with one attached hydrogen (secondary N) is 1. The Morgan fingerprint density at radius 3 is 2.43 bits per heavy atom. The number of nitrogens with zero attached hydrogens (tertiary/aromatic N) is 7. The maximum atomic E-state index is 12.9. The molecule has 1 amide bonds. The largest absolute Gasteiger partial charge is 0.382 e. The van der Waals surface area contributed by atoms with Crippen LogP contribution in [-0.4, -0.2) is 85.7 Å². The zero-order valence-electron chi connectivity index (χ0n) is 20.6. The van der Waals surface area contributed by atoms with E-state index < -0.39 is 0 Å². The van der Waals surface area contributed by atoms with Crippen molar-refractivity contribution in [2.75, 3.05) is 49.1 Å². The fourth-order valence-electron chi connectivity index (χ4n) is 5.26. The minimum atomic E-state index is 0.0641. The van der Waals surface area contributed by atoms with Gasteiger partial charge in [0.25, 0.3) is 5.91 Å². The topological polar surface area (TPSA) is 146 Å². The number of carbonyl (C=O) groups excluding carboxylic acids is 1. The van der Waals surface area contributed by atoms with Crippen LogP contribution in [-0.2, 0) is 0 Å². The molecule has 0 unspecified atom stereocenters. The van der Waals surface area contributed by atoms with Gasteiger partial charge in [0.15, 0.2) is 28.3 Å². The summed E-state index contributed by atoms with van der Waals surface area (Å²) in [6.07, 6.45) is 2.87. The van der Waals surface area contributed by atoms with Gasteiger partial charge in [0.05, 0.1) is 0 Å². The SMILES string of the molecule is CC[C@H]1CN(c2nc(N)c(-c3nc(N)n[nH]3)nc2Cl)CCN1C1CCN(C(=O)c2ccc(Cl)cc2)CC1. The Morgan fingerprint density at radius 2 is 1.78 bits per heavy atom. The Hall–Kier alpha value is -3.15. The quantitative estimate of drug-likeness (QED) is 0.440. The minimum Gasteiger partial charge on any atom is -0.382 e. The van der Waals surface area contributed by atoms with Gasteiger partial charge in [0.2, 0.25) is 5.95 Å². The molecule has 2 fully saturated rings. The van der Waals surface area contributed by atoms with Gasteiger partial charge in [0.1, 0.15) is 0 Å². The van der Waals surface area contributed by atoms with Crippen LogP contribution in [0.1, 0.15) is 36.5 Å². The molecule has 2 aromatic heterocycles. The molecule has 0 bridgehead atoms. The van der Waals surface area contributed by atoms with E-state index in [1.165, 1.54) is 0 Å². The molecule has 13 heteroatoms. The zero-order chi connectivity index (χ0) is 26.1. The first kappa shape index (κ1) is 25.5. The van der Waals surface area contributed by atoms with Crippen LogP contribution >= 0.6 is 23.2 Å². The van der Waals surface area contributed by atoms with E-state index >= 15 is 0 Å². The number of hydrogen-bond acceptors (Lipinski definition) is 9. The zero-order valence-corrected chi connectivity index (χ0v) is 22.1. The molecule has 0 aliphatic carbocycles. The van der Waals surface area contributed by atoms with E-state index in [1.807, 2.05) is 4.90 Å². The number of carbonyl (C=O) groups is 1. The molecule has 11 nitrogen and oxygen atoms in total. The highest BCUT2D eigenvalue weighted by atomic mass is 35.5. The fourth-order valence-corrected chi connectivity index (χ4v) is 5.63. The lowest BCUT2D eigenvalue weighted by Crippen LogP contribution is -2.58. The van der Waals surface area contributed by atoms with Gasteiger partial charge in [-0.2, -0.15) is 4.98 Å². The Kier molecular flexibility index (Phi) is 7.36. The molecule has 2 saturated heterocycles. The second kappa shape index (κ2) is 10.7. The van der Waals surface area contributed by atoms with Crippen LogP contribution in [0.2, 0.25) is 10.2 Å². The van der Waals surface area contributed by atoms with Gasteiger partial charge in [-0.25, -0.2) is 9.97 Å². The molecule has 0 spiro atoms. The minimum absolute atomic E-state index is 0.0641. The van der Waals surface area contributed by atoms with Crippen molar-refractivity contribution in [2.24, 2.45) is 0 Å². The molecular formula is C24H30Cl2N10O. The molecule has 5 N–H and O–H groups in total. The Balaban J connectivity index is 1.23. The number of piperidine rings is 1. The van der Waals surface area contributed by atoms with Crippen LogP contribution in [0.4, 0.5) is 17.6 Å². The molecule has 3 aromatic rings. The Bertz CT molecular complexity index is 1260. The number of aromatic nitrogens is 5. The normalized spacial score (nSPS) is 19.4. The van der Waals surface area contributed by atoms with Crippen molar-refractivity contribution in [1.82, 2.24) is 34.9 Å². The Morgan fingerprint density at radius 1 is 1.05 bits per heavy atom.